The first-order valence-electron chi connectivity index (χ1n) is 8.78. The standard InChI is InChI=1S/C20H22ClN5O2.CH4/c1-26(2)7-8-28-20-17(21)10-15(12-25-20)19(27)24-11-13-3-4-16-14(9-13)5-6-23-18(16)22;/h3-6,9-10,12H,7-8,11H2,1-2H3,(H2,22,23)(H,24,27);1H4. The Kier molecular flexibility index (Phi) is 7.75. The average Bonchev–Trinajstić information content (AvgIpc) is 2.67. The molecule has 1 aromatic carbocycles. The number of nitrogens with zero attached hydrogens (tertiary/aromatic N) is 3. The van der Waals surface area contributed by atoms with Crippen LogP contribution in [0.2, 0.25) is 5.02 Å². The molecule has 0 bridgehead atoms. The molecular formula is C21H26ClN5O2. The van der Waals surface area contributed by atoms with Gasteiger partial charge in [-0.3, -0.25) is 4.79 Å². The third-order valence-corrected chi connectivity index (χ3v) is 4.43. The molecule has 3 N–H and O–H groups in total. The zero-order chi connectivity index (χ0) is 20.1. The number of carbonyl (C=O) groups is 1. The molecular weight excluding hydrogens is 390 g/mol. The van der Waals surface area contributed by atoms with Gasteiger partial charge in [-0.05, 0) is 43.2 Å². The summed E-state index contributed by atoms with van der Waals surface area (Å²) >= 11 is 6.19. The number of nitrogen functional groups attached to an aromatic ring is 1. The SMILES string of the molecule is C.CN(C)CCOc1ncc(C(=O)NCc2ccc3c(N)nccc3c2)cc1Cl. The van der Waals surface area contributed by atoms with Crippen molar-refractivity contribution < 1.29 is 9.53 Å². The van der Waals surface area contributed by atoms with Crippen molar-refractivity contribution in [1.29, 1.82) is 0 Å². The van der Waals surface area contributed by atoms with E-state index < -0.39 is 0 Å². The largest absolute Gasteiger partial charge is 0.475 e. The van der Waals surface area contributed by atoms with E-state index in [1.165, 1.54) is 6.20 Å². The molecule has 0 aliphatic carbocycles. The van der Waals surface area contributed by atoms with Gasteiger partial charge in [-0.2, -0.15) is 0 Å². The Hall–Kier alpha value is -2.90. The van der Waals surface area contributed by atoms with E-state index in [4.69, 9.17) is 22.1 Å². The highest BCUT2D eigenvalue weighted by Gasteiger charge is 2.11. The van der Waals surface area contributed by atoms with Gasteiger partial charge in [0.05, 0.1) is 5.56 Å². The van der Waals surface area contributed by atoms with Gasteiger partial charge in [0.25, 0.3) is 5.91 Å². The van der Waals surface area contributed by atoms with Gasteiger partial charge in [-0.15, -0.1) is 0 Å². The molecule has 1 amide bonds. The van der Waals surface area contributed by atoms with Gasteiger partial charge in [0.2, 0.25) is 5.88 Å². The molecule has 0 saturated heterocycles. The summed E-state index contributed by atoms with van der Waals surface area (Å²) in [6, 6.07) is 9.23. The van der Waals surface area contributed by atoms with Crippen LogP contribution in [-0.4, -0.2) is 48.0 Å². The van der Waals surface area contributed by atoms with Crippen LogP contribution in [0.4, 0.5) is 5.82 Å². The Labute approximate surface area is 175 Å². The summed E-state index contributed by atoms with van der Waals surface area (Å²) in [6.07, 6.45) is 3.12. The van der Waals surface area contributed by atoms with Gasteiger partial charge in [0.15, 0.2) is 0 Å². The zero-order valence-corrected chi connectivity index (χ0v) is 16.5. The lowest BCUT2D eigenvalue weighted by Crippen LogP contribution is -2.23. The van der Waals surface area contributed by atoms with E-state index in [1.54, 1.807) is 12.3 Å². The van der Waals surface area contributed by atoms with Gasteiger partial charge in [0, 0.05) is 30.9 Å². The van der Waals surface area contributed by atoms with E-state index in [-0.39, 0.29) is 13.3 Å². The Morgan fingerprint density at radius 1 is 1.24 bits per heavy atom. The predicted octanol–water partition coefficient (Wildman–Crippen LogP) is 3.37. The van der Waals surface area contributed by atoms with Crippen LogP contribution in [0.1, 0.15) is 23.3 Å². The molecule has 0 aliphatic heterocycles. The first-order valence-corrected chi connectivity index (χ1v) is 9.16. The number of hydrogen-bond donors (Lipinski definition) is 2. The first-order chi connectivity index (χ1) is 13.4. The fourth-order valence-electron chi connectivity index (χ4n) is 2.63. The maximum absolute atomic E-state index is 12.4. The van der Waals surface area contributed by atoms with E-state index in [0.717, 1.165) is 22.9 Å². The van der Waals surface area contributed by atoms with Crippen LogP contribution in [0.5, 0.6) is 5.88 Å². The maximum Gasteiger partial charge on any atom is 0.253 e. The van der Waals surface area contributed by atoms with Gasteiger partial charge in [-0.25, -0.2) is 9.97 Å². The molecule has 3 aromatic rings. The Bertz CT molecular complexity index is 994. The number of anilines is 1. The molecule has 154 valence electrons. The summed E-state index contributed by atoms with van der Waals surface area (Å²) in [4.78, 5) is 22.6. The van der Waals surface area contributed by atoms with Gasteiger partial charge in [0.1, 0.15) is 17.4 Å². The van der Waals surface area contributed by atoms with E-state index >= 15 is 0 Å². The molecule has 8 heteroatoms. The topological polar surface area (TPSA) is 93.4 Å². The predicted molar refractivity (Wildman–Crippen MR) is 117 cm³/mol. The Balaban J connectivity index is 0.00000300. The number of aromatic nitrogens is 2. The minimum Gasteiger partial charge on any atom is -0.475 e. The fourth-order valence-corrected chi connectivity index (χ4v) is 2.85. The molecule has 2 aromatic heterocycles. The van der Waals surface area contributed by atoms with Crippen molar-refractivity contribution in [2.75, 3.05) is 33.0 Å². The van der Waals surface area contributed by atoms with Crippen molar-refractivity contribution in [2.45, 2.75) is 14.0 Å². The number of benzene rings is 1. The molecule has 7 nitrogen and oxygen atoms in total. The van der Waals surface area contributed by atoms with E-state index in [1.807, 2.05) is 43.3 Å². The van der Waals surface area contributed by atoms with Crippen molar-refractivity contribution in [3.63, 3.8) is 0 Å². The van der Waals surface area contributed by atoms with E-state index in [9.17, 15) is 4.79 Å². The highest BCUT2D eigenvalue weighted by molar-refractivity contribution is 6.32. The molecule has 2 heterocycles. The van der Waals surface area contributed by atoms with Crippen molar-refractivity contribution in [1.82, 2.24) is 20.2 Å². The zero-order valence-electron chi connectivity index (χ0n) is 15.8. The lowest BCUT2D eigenvalue weighted by Gasteiger charge is -2.12. The van der Waals surface area contributed by atoms with Crippen LogP contribution in [-0.2, 0) is 6.54 Å². The molecule has 0 atom stereocenters. The summed E-state index contributed by atoms with van der Waals surface area (Å²) < 4.78 is 5.53. The number of halogens is 1. The summed E-state index contributed by atoms with van der Waals surface area (Å²) in [5, 5.41) is 5.04. The summed E-state index contributed by atoms with van der Waals surface area (Å²) in [5.74, 6) is 0.547. The monoisotopic (exact) mass is 415 g/mol. The lowest BCUT2D eigenvalue weighted by molar-refractivity contribution is 0.0950. The summed E-state index contributed by atoms with van der Waals surface area (Å²) in [5.41, 5.74) is 7.19. The van der Waals surface area contributed by atoms with Gasteiger partial charge in [-0.1, -0.05) is 31.2 Å². The minimum atomic E-state index is -0.261. The van der Waals surface area contributed by atoms with Crippen molar-refractivity contribution in [3.8, 4) is 5.88 Å². The molecule has 0 aliphatic rings. The molecule has 29 heavy (non-hydrogen) atoms. The number of pyridine rings is 2. The normalized spacial score (nSPS) is 10.6. The second-order valence-corrected chi connectivity index (χ2v) is 7.00. The van der Waals surface area contributed by atoms with Crippen molar-refractivity contribution in [2.24, 2.45) is 0 Å². The lowest BCUT2D eigenvalue weighted by atomic mass is 10.1. The average molecular weight is 416 g/mol. The minimum absolute atomic E-state index is 0. The molecule has 0 radical (unpaired) electrons. The van der Waals surface area contributed by atoms with Crippen molar-refractivity contribution >= 4 is 34.1 Å². The smallest absolute Gasteiger partial charge is 0.253 e. The van der Waals surface area contributed by atoms with Crippen LogP contribution in [0, 0.1) is 0 Å². The Morgan fingerprint density at radius 2 is 2.03 bits per heavy atom. The second kappa shape index (κ2) is 10.0. The van der Waals surface area contributed by atoms with E-state index in [2.05, 4.69) is 15.3 Å². The van der Waals surface area contributed by atoms with Crippen LogP contribution >= 0.6 is 11.6 Å². The molecule has 0 fully saturated rings. The first kappa shape index (κ1) is 22.4. The highest BCUT2D eigenvalue weighted by Crippen LogP contribution is 2.23. The van der Waals surface area contributed by atoms with E-state index in [0.29, 0.717) is 35.4 Å². The van der Waals surface area contributed by atoms with Crippen LogP contribution in [0.3, 0.4) is 0 Å². The molecule has 0 saturated carbocycles. The van der Waals surface area contributed by atoms with Crippen LogP contribution in [0.15, 0.2) is 42.7 Å². The Morgan fingerprint density at radius 3 is 2.76 bits per heavy atom. The number of carbonyl (C=O) groups excluding carboxylic acids is 1. The fraction of sp³-hybridized carbons (Fsp3) is 0.286. The number of rotatable bonds is 7. The van der Waals surface area contributed by atoms with Crippen LogP contribution < -0.4 is 15.8 Å². The molecule has 0 spiro atoms. The third-order valence-electron chi connectivity index (χ3n) is 4.16. The number of amides is 1. The summed E-state index contributed by atoms with van der Waals surface area (Å²) in [6.45, 7) is 1.58. The summed E-state index contributed by atoms with van der Waals surface area (Å²) in [7, 11) is 3.90. The number of hydrogen-bond acceptors (Lipinski definition) is 6. The van der Waals surface area contributed by atoms with Gasteiger partial charge < -0.3 is 20.7 Å². The van der Waals surface area contributed by atoms with Crippen LogP contribution in [0.25, 0.3) is 10.8 Å². The molecule has 3 rings (SSSR count). The number of fused-ring (bicyclic) bond motifs is 1. The number of ether oxygens (including phenoxy) is 1. The quantitative estimate of drug-likeness (QED) is 0.614. The molecule has 0 unspecified atom stereocenters. The van der Waals surface area contributed by atoms with Crippen molar-refractivity contribution in [3.05, 3.63) is 58.9 Å². The van der Waals surface area contributed by atoms with Gasteiger partial charge >= 0.3 is 0 Å². The third kappa shape index (κ3) is 5.79. The number of nitrogens with one attached hydrogen (secondary N) is 1. The number of nitrogens with two attached hydrogens (primary N) is 1. The maximum atomic E-state index is 12.4. The number of likely N-dealkylation sites (N-methyl/N-ethyl adjacent to an activating group) is 1. The highest BCUT2D eigenvalue weighted by atomic mass is 35.5. The second-order valence-electron chi connectivity index (χ2n) is 6.60.